The topological polar surface area (TPSA) is 72.5 Å². The lowest BCUT2D eigenvalue weighted by molar-refractivity contribution is -0.131. The molecule has 3 aromatic rings. The Morgan fingerprint density at radius 3 is 2.24 bits per heavy atom. The minimum atomic E-state index is -4.07. The van der Waals surface area contributed by atoms with Crippen molar-refractivity contribution in [2.45, 2.75) is 31.7 Å². The molecule has 0 heterocycles. The Balaban J connectivity index is 1.78. The molecule has 29 heavy (non-hydrogen) atoms. The predicted octanol–water partition coefficient (Wildman–Crippen LogP) is 4.78. The van der Waals surface area contributed by atoms with Gasteiger partial charge >= 0.3 is 16.1 Å². The number of hydrogen-bond acceptors (Lipinski definition) is 5. The highest BCUT2D eigenvalue weighted by molar-refractivity contribution is 7.87. The number of benzene rings is 3. The second-order valence-electron chi connectivity index (χ2n) is 6.57. The molecule has 3 aromatic carbocycles. The van der Waals surface area contributed by atoms with Gasteiger partial charge in [0.05, 0.1) is 0 Å². The van der Waals surface area contributed by atoms with Crippen molar-refractivity contribution in [3.63, 3.8) is 0 Å². The van der Waals surface area contributed by atoms with Crippen LogP contribution in [-0.4, -0.2) is 14.4 Å². The summed E-state index contributed by atoms with van der Waals surface area (Å²) in [7, 11) is -4.07. The van der Waals surface area contributed by atoms with Crippen molar-refractivity contribution in [2.24, 2.45) is 0 Å². The summed E-state index contributed by atoms with van der Waals surface area (Å²) in [4.78, 5) is 10.9. The van der Waals surface area contributed by atoms with Crippen molar-refractivity contribution in [1.82, 2.24) is 0 Å². The van der Waals surface area contributed by atoms with Crippen LogP contribution in [0.5, 0.6) is 0 Å². The number of carbonyl (C=O) groups is 1. The SMILES string of the molecule is CCc1c(CNc2ccc(S(=O)(=O)OC(C)=O)cc2)cccc1-c1ccccc1. The molecule has 0 fully saturated rings. The first-order chi connectivity index (χ1) is 13.9. The van der Waals surface area contributed by atoms with E-state index in [2.05, 4.69) is 40.7 Å². The summed E-state index contributed by atoms with van der Waals surface area (Å²) < 4.78 is 28.2. The Morgan fingerprint density at radius 2 is 1.62 bits per heavy atom. The molecule has 1 N–H and O–H groups in total. The van der Waals surface area contributed by atoms with Crippen LogP contribution in [0.1, 0.15) is 25.0 Å². The molecule has 0 aliphatic rings. The number of hydrogen-bond donors (Lipinski definition) is 1. The summed E-state index contributed by atoms with van der Waals surface area (Å²) in [6, 6.07) is 22.7. The van der Waals surface area contributed by atoms with Crippen molar-refractivity contribution in [1.29, 1.82) is 0 Å². The van der Waals surface area contributed by atoms with E-state index in [9.17, 15) is 13.2 Å². The fraction of sp³-hybridized carbons (Fsp3) is 0.174. The van der Waals surface area contributed by atoms with E-state index in [1.54, 1.807) is 12.1 Å². The number of carbonyl (C=O) groups excluding carboxylic acids is 1. The largest absolute Gasteiger partial charge is 0.381 e. The lowest BCUT2D eigenvalue weighted by Gasteiger charge is -2.15. The summed E-state index contributed by atoms with van der Waals surface area (Å²) in [5.74, 6) is -0.863. The molecule has 150 valence electrons. The average molecular weight is 410 g/mol. The van der Waals surface area contributed by atoms with Gasteiger partial charge in [0.15, 0.2) is 0 Å². The zero-order valence-corrected chi connectivity index (χ0v) is 17.2. The van der Waals surface area contributed by atoms with Crippen molar-refractivity contribution in [2.75, 3.05) is 5.32 Å². The quantitative estimate of drug-likeness (QED) is 0.569. The van der Waals surface area contributed by atoms with Crippen LogP contribution >= 0.6 is 0 Å². The zero-order valence-electron chi connectivity index (χ0n) is 16.4. The first kappa shape index (κ1) is 20.6. The molecule has 0 aliphatic heterocycles. The molecular formula is C23H23NO4S. The van der Waals surface area contributed by atoms with E-state index >= 15 is 0 Å². The average Bonchev–Trinajstić information content (AvgIpc) is 2.72. The molecule has 0 spiro atoms. The predicted molar refractivity (Wildman–Crippen MR) is 114 cm³/mol. The summed E-state index contributed by atoms with van der Waals surface area (Å²) in [6.07, 6.45) is 0.904. The maximum Gasteiger partial charge on any atom is 0.341 e. The molecular weight excluding hydrogens is 386 g/mol. The smallest absolute Gasteiger partial charge is 0.341 e. The van der Waals surface area contributed by atoms with Crippen LogP contribution in [0.2, 0.25) is 0 Å². The van der Waals surface area contributed by atoms with Gasteiger partial charge < -0.3 is 9.50 Å². The maximum atomic E-state index is 11.9. The van der Waals surface area contributed by atoms with Crippen LogP contribution < -0.4 is 5.32 Å². The van der Waals surface area contributed by atoms with Gasteiger partial charge in [-0.2, -0.15) is 8.42 Å². The van der Waals surface area contributed by atoms with Crippen LogP contribution in [0.25, 0.3) is 11.1 Å². The summed E-state index contributed by atoms with van der Waals surface area (Å²) >= 11 is 0. The van der Waals surface area contributed by atoms with Gasteiger partial charge in [0, 0.05) is 19.2 Å². The van der Waals surface area contributed by atoms with E-state index in [4.69, 9.17) is 0 Å². The minimum Gasteiger partial charge on any atom is -0.381 e. The van der Waals surface area contributed by atoms with Gasteiger partial charge in [0.25, 0.3) is 0 Å². The molecule has 0 atom stereocenters. The lowest BCUT2D eigenvalue weighted by atomic mass is 9.93. The van der Waals surface area contributed by atoms with Gasteiger partial charge in [-0.25, -0.2) is 0 Å². The first-order valence-corrected chi connectivity index (χ1v) is 10.8. The molecule has 6 heteroatoms. The van der Waals surface area contributed by atoms with Gasteiger partial charge in [-0.05, 0) is 52.9 Å². The molecule has 0 unspecified atom stereocenters. The van der Waals surface area contributed by atoms with Gasteiger partial charge in [-0.15, -0.1) is 0 Å². The van der Waals surface area contributed by atoms with Crippen LogP contribution in [-0.2, 0) is 32.1 Å². The summed E-state index contributed by atoms with van der Waals surface area (Å²) in [5.41, 5.74) is 5.64. The number of anilines is 1. The standard InChI is InChI=1S/C23H23NO4S/c1-3-22-19(10-7-11-23(22)18-8-5-4-6-9-18)16-24-20-12-14-21(15-13-20)29(26,27)28-17(2)25/h4-15,24H,3,16H2,1-2H3. The number of rotatable bonds is 7. The van der Waals surface area contributed by atoms with Gasteiger partial charge in [-0.1, -0.05) is 55.5 Å². The minimum absolute atomic E-state index is 0.0569. The van der Waals surface area contributed by atoms with Gasteiger partial charge in [0.2, 0.25) is 0 Å². The summed E-state index contributed by atoms with van der Waals surface area (Å²) in [6.45, 7) is 3.81. The van der Waals surface area contributed by atoms with Gasteiger partial charge in [0.1, 0.15) is 4.90 Å². The Kier molecular flexibility index (Phi) is 6.34. The first-order valence-electron chi connectivity index (χ1n) is 9.36. The molecule has 0 amide bonds. The van der Waals surface area contributed by atoms with E-state index in [0.29, 0.717) is 6.54 Å². The lowest BCUT2D eigenvalue weighted by Crippen LogP contribution is -2.10. The van der Waals surface area contributed by atoms with E-state index < -0.39 is 16.1 Å². The monoisotopic (exact) mass is 409 g/mol. The van der Waals surface area contributed by atoms with Crippen LogP contribution in [0.15, 0.2) is 77.7 Å². The molecule has 0 saturated carbocycles. The Morgan fingerprint density at radius 1 is 0.931 bits per heavy atom. The van der Waals surface area contributed by atoms with Crippen molar-refractivity contribution >= 4 is 21.8 Å². The highest BCUT2D eigenvalue weighted by Crippen LogP contribution is 2.27. The van der Waals surface area contributed by atoms with Gasteiger partial charge in [-0.3, -0.25) is 4.79 Å². The van der Waals surface area contributed by atoms with Crippen molar-refractivity contribution in [3.05, 3.63) is 83.9 Å². The van der Waals surface area contributed by atoms with Crippen LogP contribution in [0.4, 0.5) is 5.69 Å². The molecule has 5 nitrogen and oxygen atoms in total. The highest BCUT2D eigenvalue weighted by Gasteiger charge is 2.17. The molecule has 0 bridgehead atoms. The van der Waals surface area contributed by atoms with Crippen LogP contribution in [0.3, 0.4) is 0 Å². The van der Waals surface area contributed by atoms with E-state index in [0.717, 1.165) is 19.0 Å². The Bertz CT molecular complexity index is 1090. The Hall–Kier alpha value is -3.12. The number of nitrogens with one attached hydrogen (secondary N) is 1. The van der Waals surface area contributed by atoms with Crippen LogP contribution in [0, 0.1) is 0 Å². The maximum absolute atomic E-state index is 11.9. The Labute approximate surface area is 171 Å². The molecule has 0 aromatic heterocycles. The zero-order chi connectivity index (χ0) is 20.9. The molecule has 3 rings (SSSR count). The van der Waals surface area contributed by atoms with E-state index in [1.807, 2.05) is 24.3 Å². The third-order valence-corrected chi connectivity index (χ3v) is 5.87. The molecule has 0 radical (unpaired) electrons. The third-order valence-electron chi connectivity index (χ3n) is 4.56. The highest BCUT2D eigenvalue weighted by atomic mass is 32.2. The van der Waals surface area contributed by atoms with Crippen molar-refractivity contribution < 1.29 is 17.4 Å². The normalized spacial score (nSPS) is 11.1. The van der Waals surface area contributed by atoms with Crippen molar-refractivity contribution in [3.8, 4) is 11.1 Å². The fourth-order valence-corrected chi connectivity index (χ4v) is 4.12. The van der Waals surface area contributed by atoms with E-state index in [1.165, 1.54) is 34.4 Å². The molecule has 0 saturated heterocycles. The second-order valence-corrected chi connectivity index (χ2v) is 8.12. The third kappa shape index (κ3) is 5.03. The van der Waals surface area contributed by atoms with E-state index in [-0.39, 0.29) is 4.90 Å². The summed E-state index contributed by atoms with van der Waals surface area (Å²) in [5, 5.41) is 3.33. The fourth-order valence-electron chi connectivity index (χ4n) is 3.25. The second kappa shape index (κ2) is 8.92. The molecule has 0 aliphatic carbocycles.